The van der Waals surface area contributed by atoms with E-state index in [1.165, 1.54) is 30.2 Å². The number of methoxy groups -OCH3 is 1. The summed E-state index contributed by atoms with van der Waals surface area (Å²) in [5, 5.41) is 3.29. The van der Waals surface area contributed by atoms with Crippen molar-refractivity contribution in [3.63, 3.8) is 0 Å². The van der Waals surface area contributed by atoms with Crippen molar-refractivity contribution in [3.8, 4) is 5.75 Å². The number of nitrogens with one attached hydrogen (secondary N) is 1. The summed E-state index contributed by atoms with van der Waals surface area (Å²) in [5.74, 6) is -0.737. The van der Waals surface area contributed by atoms with Crippen molar-refractivity contribution in [2.45, 2.75) is 57.1 Å². The molecule has 11 heteroatoms. The molecule has 0 aromatic heterocycles. The standard InChI is InChI=1S/C36H39BrClN3O5S/c1-25-11-18-30(19-12-25)47(44,45)41(31-22-29(38)17-20-33(31)46-5)24-34(42)40(23-27-13-15-28(37)16-14-27)32(35(43)39-36(2,3)4)21-26-9-7-6-8-10-26/h6-20,22,32H,21,23-24H2,1-5H3,(H,39,43). The normalized spacial score (nSPS) is 12.2. The fraction of sp³-hybridized carbons (Fsp3) is 0.278. The smallest absolute Gasteiger partial charge is 0.264 e. The lowest BCUT2D eigenvalue weighted by Gasteiger charge is -2.35. The average Bonchev–Trinajstić information content (AvgIpc) is 3.02. The second kappa shape index (κ2) is 15.4. The zero-order valence-electron chi connectivity index (χ0n) is 27.0. The highest BCUT2D eigenvalue weighted by Crippen LogP contribution is 2.35. The summed E-state index contributed by atoms with van der Waals surface area (Å²) in [5.41, 5.74) is 1.98. The van der Waals surface area contributed by atoms with Crippen molar-refractivity contribution in [1.29, 1.82) is 0 Å². The number of nitrogens with zero attached hydrogens (tertiary/aromatic N) is 2. The van der Waals surface area contributed by atoms with Gasteiger partial charge in [-0.15, -0.1) is 0 Å². The molecule has 1 atom stereocenters. The van der Waals surface area contributed by atoms with Gasteiger partial charge in [-0.05, 0) is 81.3 Å². The third-order valence-corrected chi connectivity index (χ3v) is 9.87. The molecule has 248 valence electrons. The molecule has 47 heavy (non-hydrogen) atoms. The van der Waals surface area contributed by atoms with E-state index in [1.807, 2.05) is 82.3 Å². The zero-order valence-corrected chi connectivity index (χ0v) is 30.2. The Morgan fingerprint density at radius 1 is 0.915 bits per heavy atom. The minimum atomic E-state index is -4.32. The maximum absolute atomic E-state index is 14.7. The van der Waals surface area contributed by atoms with Crippen LogP contribution in [-0.2, 0) is 32.6 Å². The molecule has 0 saturated heterocycles. The van der Waals surface area contributed by atoms with Gasteiger partial charge in [0.05, 0.1) is 17.7 Å². The van der Waals surface area contributed by atoms with Crippen molar-refractivity contribution in [1.82, 2.24) is 10.2 Å². The second-order valence-electron chi connectivity index (χ2n) is 12.2. The number of aryl methyl sites for hydroxylation is 1. The van der Waals surface area contributed by atoms with Gasteiger partial charge in [0.2, 0.25) is 11.8 Å². The maximum Gasteiger partial charge on any atom is 0.264 e. The van der Waals surface area contributed by atoms with Crippen molar-refractivity contribution in [2.24, 2.45) is 0 Å². The van der Waals surface area contributed by atoms with E-state index in [0.29, 0.717) is 0 Å². The van der Waals surface area contributed by atoms with E-state index < -0.39 is 34.1 Å². The highest BCUT2D eigenvalue weighted by molar-refractivity contribution is 9.10. The number of benzene rings is 4. The molecule has 2 amide bonds. The fourth-order valence-electron chi connectivity index (χ4n) is 5.00. The van der Waals surface area contributed by atoms with E-state index in [4.69, 9.17) is 16.3 Å². The van der Waals surface area contributed by atoms with Gasteiger partial charge in [0.15, 0.2) is 0 Å². The lowest BCUT2D eigenvalue weighted by molar-refractivity contribution is -0.140. The summed E-state index contributed by atoms with van der Waals surface area (Å²) >= 11 is 9.82. The zero-order chi connectivity index (χ0) is 34.4. The molecular weight excluding hydrogens is 702 g/mol. The molecule has 4 rings (SSSR count). The first-order valence-corrected chi connectivity index (χ1v) is 17.6. The van der Waals surface area contributed by atoms with Gasteiger partial charge in [-0.25, -0.2) is 8.42 Å². The van der Waals surface area contributed by atoms with Crippen molar-refractivity contribution < 1.29 is 22.7 Å². The molecular formula is C36H39BrClN3O5S. The topological polar surface area (TPSA) is 96.0 Å². The SMILES string of the molecule is COc1ccc(Cl)cc1N(CC(=O)N(Cc1ccc(Br)cc1)C(Cc1ccccc1)C(=O)NC(C)(C)C)S(=O)(=O)c1ccc(C)cc1. The van der Waals surface area contributed by atoms with E-state index >= 15 is 0 Å². The van der Waals surface area contributed by atoms with Crippen LogP contribution in [0.5, 0.6) is 5.75 Å². The number of halogens is 2. The first kappa shape index (κ1) is 36.0. The number of anilines is 1. The predicted molar refractivity (Wildman–Crippen MR) is 190 cm³/mol. The highest BCUT2D eigenvalue weighted by Gasteiger charge is 2.36. The number of sulfonamides is 1. The van der Waals surface area contributed by atoms with Gasteiger partial charge in [0, 0.05) is 28.0 Å². The van der Waals surface area contributed by atoms with Crippen LogP contribution in [0.15, 0.2) is 106 Å². The van der Waals surface area contributed by atoms with Crippen molar-refractivity contribution >= 4 is 55.1 Å². The van der Waals surface area contributed by atoms with Crippen LogP contribution in [0.2, 0.25) is 5.02 Å². The molecule has 0 radical (unpaired) electrons. The third kappa shape index (κ3) is 9.59. The number of carbonyl (C=O) groups excluding carboxylic acids is 2. The van der Waals surface area contributed by atoms with Gasteiger partial charge in [-0.3, -0.25) is 13.9 Å². The van der Waals surface area contributed by atoms with Crippen LogP contribution in [0.4, 0.5) is 5.69 Å². The Balaban J connectivity index is 1.86. The Hall–Kier alpha value is -3.86. The first-order valence-electron chi connectivity index (χ1n) is 15.0. The summed E-state index contributed by atoms with van der Waals surface area (Å²) in [7, 11) is -2.91. The molecule has 1 unspecified atom stereocenters. The van der Waals surface area contributed by atoms with Crippen LogP contribution < -0.4 is 14.4 Å². The van der Waals surface area contributed by atoms with Gasteiger partial charge in [0.1, 0.15) is 18.3 Å². The van der Waals surface area contributed by atoms with E-state index in [0.717, 1.165) is 25.5 Å². The molecule has 0 heterocycles. The Kier molecular flexibility index (Phi) is 11.8. The molecule has 0 bridgehead atoms. The third-order valence-electron chi connectivity index (χ3n) is 7.33. The van der Waals surface area contributed by atoms with E-state index in [1.54, 1.807) is 24.3 Å². The van der Waals surface area contributed by atoms with Gasteiger partial charge in [-0.2, -0.15) is 0 Å². The molecule has 0 aliphatic carbocycles. The van der Waals surface area contributed by atoms with Gasteiger partial charge < -0.3 is 15.0 Å². The minimum Gasteiger partial charge on any atom is -0.495 e. The molecule has 0 fully saturated rings. The molecule has 4 aromatic rings. The molecule has 0 aliphatic heterocycles. The first-order chi connectivity index (χ1) is 22.2. The Morgan fingerprint density at radius 2 is 1.55 bits per heavy atom. The predicted octanol–water partition coefficient (Wildman–Crippen LogP) is 7.17. The summed E-state index contributed by atoms with van der Waals surface area (Å²) in [6.45, 7) is 6.88. The summed E-state index contributed by atoms with van der Waals surface area (Å²) in [6, 6.07) is 26.8. The second-order valence-corrected chi connectivity index (χ2v) is 15.4. The quantitative estimate of drug-likeness (QED) is 0.166. The molecule has 4 aromatic carbocycles. The van der Waals surface area contributed by atoms with E-state index in [2.05, 4.69) is 21.2 Å². The largest absolute Gasteiger partial charge is 0.495 e. The van der Waals surface area contributed by atoms with Gasteiger partial charge >= 0.3 is 0 Å². The molecule has 8 nitrogen and oxygen atoms in total. The summed E-state index contributed by atoms with van der Waals surface area (Å²) in [4.78, 5) is 30.1. The molecule has 0 aliphatic rings. The van der Waals surface area contributed by atoms with Crippen LogP contribution >= 0.6 is 27.5 Å². The fourth-order valence-corrected chi connectivity index (χ4v) is 6.85. The summed E-state index contributed by atoms with van der Waals surface area (Å²) < 4.78 is 36.1. The maximum atomic E-state index is 14.7. The lowest BCUT2D eigenvalue weighted by atomic mass is 10.0. The number of rotatable bonds is 12. The van der Waals surface area contributed by atoms with Crippen LogP contribution in [0, 0.1) is 6.92 Å². The number of hydrogen-bond donors (Lipinski definition) is 1. The number of ether oxygens (including phenoxy) is 1. The average molecular weight is 741 g/mol. The van der Waals surface area contributed by atoms with Crippen LogP contribution in [-0.4, -0.2) is 50.4 Å². The Labute approximate surface area is 290 Å². The molecule has 0 saturated carbocycles. The van der Waals surface area contributed by atoms with Crippen molar-refractivity contribution in [3.05, 3.63) is 123 Å². The molecule has 1 N–H and O–H groups in total. The lowest BCUT2D eigenvalue weighted by Crippen LogP contribution is -2.56. The minimum absolute atomic E-state index is 0.0105. The number of hydrogen-bond acceptors (Lipinski definition) is 5. The Morgan fingerprint density at radius 3 is 2.15 bits per heavy atom. The Bertz CT molecular complexity index is 1800. The van der Waals surface area contributed by atoms with Crippen molar-refractivity contribution in [2.75, 3.05) is 18.0 Å². The van der Waals surface area contributed by atoms with Gasteiger partial charge in [-0.1, -0.05) is 87.7 Å². The monoisotopic (exact) mass is 739 g/mol. The van der Waals surface area contributed by atoms with E-state index in [9.17, 15) is 18.0 Å². The molecule has 0 spiro atoms. The van der Waals surface area contributed by atoms with Crippen LogP contribution in [0.1, 0.15) is 37.5 Å². The van der Waals surface area contributed by atoms with E-state index in [-0.39, 0.29) is 40.2 Å². The number of carbonyl (C=O) groups is 2. The van der Waals surface area contributed by atoms with Crippen LogP contribution in [0.3, 0.4) is 0 Å². The highest BCUT2D eigenvalue weighted by atomic mass is 79.9. The number of amides is 2. The van der Waals surface area contributed by atoms with Gasteiger partial charge in [0.25, 0.3) is 10.0 Å². The van der Waals surface area contributed by atoms with Crippen LogP contribution in [0.25, 0.3) is 0 Å². The summed E-state index contributed by atoms with van der Waals surface area (Å²) in [6.07, 6.45) is 0.205.